The minimum atomic E-state index is -0.476. The summed E-state index contributed by atoms with van der Waals surface area (Å²) in [5, 5.41) is 0. The maximum atomic E-state index is 12.0. The van der Waals surface area contributed by atoms with Gasteiger partial charge in [0.2, 0.25) is 0 Å². The molecule has 0 atom stereocenters. The Morgan fingerprint density at radius 1 is 1.00 bits per heavy atom. The van der Waals surface area contributed by atoms with Gasteiger partial charge in [0.15, 0.2) is 6.29 Å². The molecule has 0 N–H and O–H groups in total. The van der Waals surface area contributed by atoms with E-state index in [0.717, 1.165) is 0 Å². The Bertz CT molecular complexity index is 706. The van der Waals surface area contributed by atoms with E-state index in [2.05, 4.69) is 0 Å². The molecule has 22 heavy (non-hydrogen) atoms. The molecule has 2 aromatic carbocycles. The second-order valence-electron chi connectivity index (χ2n) is 4.45. The molecule has 0 amide bonds. The van der Waals surface area contributed by atoms with Crippen molar-refractivity contribution in [1.82, 2.24) is 0 Å². The number of aldehydes is 1. The van der Waals surface area contributed by atoms with E-state index in [-0.39, 0.29) is 0 Å². The van der Waals surface area contributed by atoms with Crippen LogP contribution in [0.1, 0.15) is 20.7 Å². The van der Waals surface area contributed by atoms with Crippen molar-refractivity contribution >= 4 is 12.3 Å². The lowest BCUT2D eigenvalue weighted by molar-refractivity contribution is 0.0601. The molecular formula is C17H16O5. The zero-order valence-corrected chi connectivity index (χ0v) is 12.6. The van der Waals surface area contributed by atoms with Gasteiger partial charge >= 0.3 is 5.97 Å². The normalized spacial score (nSPS) is 9.95. The van der Waals surface area contributed by atoms with Crippen LogP contribution in [0.3, 0.4) is 0 Å². The molecule has 5 nitrogen and oxygen atoms in total. The highest BCUT2D eigenvalue weighted by Crippen LogP contribution is 2.36. The van der Waals surface area contributed by atoms with E-state index >= 15 is 0 Å². The van der Waals surface area contributed by atoms with E-state index in [1.165, 1.54) is 21.3 Å². The topological polar surface area (TPSA) is 61.8 Å². The van der Waals surface area contributed by atoms with Crippen molar-refractivity contribution < 1.29 is 23.8 Å². The zero-order chi connectivity index (χ0) is 16.1. The van der Waals surface area contributed by atoms with E-state index in [0.29, 0.717) is 40.0 Å². The maximum Gasteiger partial charge on any atom is 0.338 e. The van der Waals surface area contributed by atoms with Gasteiger partial charge in [-0.2, -0.15) is 0 Å². The van der Waals surface area contributed by atoms with Gasteiger partial charge in [-0.25, -0.2) is 4.79 Å². The van der Waals surface area contributed by atoms with E-state index in [1.54, 1.807) is 36.4 Å². The quantitative estimate of drug-likeness (QED) is 0.627. The molecule has 0 aliphatic heterocycles. The van der Waals surface area contributed by atoms with Crippen LogP contribution in [0, 0.1) is 0 Å². The molecule has 0 aliphatic rings. The van der Waals surface area contributed by atoms with E-state index < -0.39 is 5.97 Å². The third-order valence-corrected chi connectivity index (χ3v) is 3.30. The third-order valence-electron chi connectivity index (χ3n) is 3.30. The Balaban J connectivity index is 2.75. The van der Waals surface area contributed by atoms with Gasteiger partial charge in [0.25, 0.3) is 0 Å². The number of carbonyl (C=O) groups is 2. The molecule has 0 aromatic heterocycles. The average molecular weight is 300 g/mol. The van der Waals surface area contributed by atoms with Crippen molar-refractivity contribution in [1.29, 1.82) is 0 Å². The third kappa shape index (κ3) is 2.79. The summed E-state index contributed by atoms with van der Waals surface area (Å²) < 4.78 is 15.4. The van der Waals surface area contributed by atoms with Gasteiger partial charge < -0.3 is 14.2 Å². The zero-order valence-electron chi connectivity index (χ0n) is 12.6. The number of hydrogen-bond donors (Lipinski definition) is 0. The fourth-order valence-corrected chi connectivity index (χ4v) is 2.25. The number of para-hydroxylation sites is 1. The van der Waals surface area contributed by atoms with Crippen LogP contribution in [0.2, 0.25) is 0 Å². The van der Waals surface area contributed by atoms with Crippen LogP contribution in [0.5, 0.6) is 11.5 Å². The summed E-state index contributed by atoms with van der Waals surface area (Å²) in [6.45, 7) is 0. The van der Waals surface area contributed by atoms with Crippen LogP contribution in [-0.4, -0.2) is 33.6 Å². The Morgan fingerprint density at radius 2 is 1.77 bits per heavy atom. The summed E-state index contributed by atoms with van der Waals surface area (Å²) in [5.41, 5.74) is 1.96. The van der Waals surface area contributed by atoms with Crippen molar-refractivity contribution in [3.8, 4) is 22.6 Å². The van der Waals surface area contributed by atoms with Gasteiger partial charge in [0, 0.05) is 11.1 Å². The molecule has 0 saturated heterocycles. The van der Waals surface area contributed by atoms with E-state index in [4.69, 9.17) is 14.2 Å². The first-order chi connectivity index (χ1) is 10.7. The van der Waals surface area contributed by atoms with Crippen LogP contribution in [0.25, 0.3) is 11.1 Å². The Morgan fingerprint density at radius 3 is 2.36 bits per heavy atom. The first kappa shape index (κ1) is 15.6. The minimum absolute atomic E-state index is 0.365. The minimum Gasteiger partial charge on any atom is -0.497 e. The molecule has 0 unspecified atom stereocenters. The lowest BCUT2D eigenvalue weighted by Gasteiger charge is -2.14. The number of ether oxygens (including phenoxy) is 3. The summed E-state index contributed by atoms with van der Waals surface area (Å²) in [6, 6.07) is 10.1. The summed E-state index contributed by atoms with van der Waals surface area (Å²) in [7, 11) is 4.33. The summed E-state index contributed by atoms with van der Waals surface area (Å²) in [6.07, 6.45) is 0.709. The first-order valence-electron chi connectivity index (χ1n) is 6.55. The molecular weight excluding hydrogens is 284 g/mol. The number of hydrogen-bond acceptors (Lipinski definition) is 5. The van der Waals surface area contributed by atoms with Gasteiger partial charge in [-0.1, -0.05) is 12.1 Å². The first-order valence-corrected chi connectivity index (χ1v) is 6.55. The molecule has 114 valence electrons. The Hall–Kier alpha value is -2.82. The highest BCUT2D eigenvalue weighted by atomic mass is 16.5. The van der Waals surface area contributed by atoms with Crippen LogP contribution in [-0.2, 0) is 4.74 Å². The SMILES string of the molecule is COC(=O)c1ccc(OC)cc1-c1cccc(C=O)c1OC. The fourth-order valence-electron chi connectivity index (χ4n) is 2.25. The van der Waals surface area contributed by atoms with Crippen LogP contribution in [0.15, 0.2) is 36.4 Å². The monoisotopic (exact) mass is 300 g/mol. The maximum absolute atomic E-state index is 12.0. The molecule has 0 aliphatic carbocycles. The lowest BCUT2D eigenvalue weighted by Crippen LogP contribution is -2.05. The van der Waals surface area contributed by atoms with E-state index in [1.807, 2.05) is 0 Å². The molecule has 0 saturated carbocycles. The highest BCUT2D eigenvalue weighted by molar-refractivity contribution is 5.99. The number of esters is 1. The predicted octanol–water partition coefficient (Wildman–Crippen LogP) is 2.97. The number of rotatable bonds is 5. The van der Waals surface area contributed by atoms with Crippen molar-refractivity contribution in [2.45, 2.75) is 0 Å². The summed E-state index contributed by atoms with van der Waals surface area (Å²) in [5.74, 6) is 0.508. The molecule has 0 heterocycles. The molecule has 0 fully saturated rings. The lowest BCUT2D eigenvalue weighted by atomic mass is 9.96. The van der Waals surface area contributed by atoms with E-state index in [9.17, 15) is 9.59 Å². The van der Waals surface area contributed by atoms with Crippen molar-refractivity contribution in [3.63, 3.8) is 0 Å². The molecule has 2 aromatic rings. The smallest absolute Gasteiger partial charge is 0.338 e. The number of carbonyl (C=O) groups excluding carboxylic acids is 2. The molecule has 0 radical (unpaired) electrons. The summed E-state index contributed by atoms with van der Waals surface area (Å²) >= 11 is 0. The second kappa shape index (κ2) is 6.76. The van der Waals surface area contributed by atoms with Crippen LogP contribution >= 0.6 is 0 Å². The number of benzene rings is 2. The summed E-state index contributed by atoms with van der Waals surface area (Å²) in [4.78, 5) is 23.2. The molecule has 5 heteroatoms. The van der Waals surface area contributed by atoms with Crippen LogP contribution < -0.4 is 9.47 Å². The molecule has 0 bridgehead atoms. The highest BCUT2D eigenvalue weighted by Gasteiger charge is 2.19. The number of methoxy groups -OCH3 is 3. The van der Waals surface area contributed by atoms with Crippen LogP contribution in [0.4, 0.5) is 0 Å². The fraction of sp³-hybridized carbons (Fsp3) is 0.176. The van der Waals surface area contributed by atoms with Gasteiger partial charge in [-0.05, 0) is 24.3 Å². The predicted molar refractivity (Wildman–Crippen MR) is 81.7 cm³/mol. The average Bonchev–Trinajstić information content (AvgIpc) is 2.59. The van der Waals surface area contributed by atoms with Gasteiger partial charge in [-0.3, -0.25) is 4.79 Å². The van der Waals surface area contributed by atoms with Crippen molar-refractivity contribution in [2.75, 3.05) is 21.3 Å². The Labute approximate surface area is 128 Å². The standard InChI is InChI=1S/C17H16O5/c1-20-12-7-8-14(17(19)22-3)15(9-12)13-6-4-5-11(10-18)16(13)21-2/h4-10H,1-3H3. The molecule has 2 rings (SSSR count). The van der Waals surface area contributed by atoms with Crippen molar-refractivity contribution in [2.24, 2.45) is 0 Å². The molecule has 0 spiro atoms. The Kier molecular flexibility index (Phi) is 4.78. The van der Waals surface area contributed by atoms with Crippen molar-refractivity contribution in [3.05, 3.63) is 47.5 Å². The van der Waals surface area contributed by atoms with Gasteiger partial charge in [-0.15, -0.1) is 0 Å². The van der Waals surface area contributed by atoms with Gasteiger partial charge in [0.1, 0.15) is 11.5 Å². The second-order valence-corrected chi connectivity index (χ2v) is 4.45. The largest absolute Gasteiger partial charge is 0.497 e. The van der Waals surface area contributed by atoms with Gasteiger partial charge in [0.05, 0.1) is 32.5 Å².